The second kappa shape index (κ2) is 6.53. The smallest absolute Gasteiger partial charge is 0.226 e. The van der Waals surface area contributed by atoms with Crippen molar-refractivity contribution in [2.75, 3.05) is 10.6 Å². The van der Waals surface area contributed by atoms with Crippen molar-refractivity contribution >= 4 is 23.1 Å². The van der Waals surface area contributed by atoms with Gasteiger partial charge < -0.3 is 10.6 Å². The normalized spacial score (nSPS) is 10.0. The molecule has 106 valence electrons. The summed E-state index contributed by atoms with van der Waals surface area (Å²) in [6.45, 7) is 3.67. The third-order valence-electron chi connectivity index (χ3n) is 2.82. The molecule has 0 saturated carbocycles. The SMILES string of the molecule is CC(C)C(=O)Nc1ccc(Nc2cccc(C#N)c2)nc1. The molecular weight excluding hydrogens is 264 g/mol. The lowest BCUT2D eigenvalue weighted by Gasteiger charge is -2.09. The molecule has 1 aromatic heterocycles. The van der Waals surface area contributed by atoms with Crippen LogP contribution in [0, 0.1) is 17.2 Å². The lowest BCUT2D eigenvalue weighted by molar-refractivity contribution is -0.118. The number of benzene rings is 1. The number of pyridine rings is 1. The Hall–Kier alpha value is -2.87. The summed E-state index contributed by atoms with van der Waals surface area (Å²) < 4.78 is 0. The van der Waals surface area contributed by atoms with Gasteiger partial charge in [-0.15, -0.1) is 0 Å². The quantitative estimate of drug-likeness (QED) is 0.900. The summed E-state index contributed by atoms with van der Waals surface area (Å²) in [4.78, 5) is 15.8. The first-order valence-electron chi connectivity index (χ1n) is 6.62. The van der Waals surface area contributed by atoms with Crippen molar-refractivity contribution in [2.45, 2.75) is 13.8 Å². The molecule has 1 amide bonds. The van der Waals surface area contributed by atoms with Gasteiger partial charge in [-0.2, -0.15) is 5.26 Å². The highest BCUT2D eigenvalue weighted by Crippen LogP contribution is 2.17. The zero-order chi connectivity index (χ0) is 15.2. The Kier molecular flexibility index (Phi) is 4.52. The van der Waals surface area contributed by atoms with Crippen molar-refractivity contribution in [1.82, 2.24) is 4.98 Å². The molecule has 0 radical (unpaired) electrons. The fourth-order valence-corrected chi connectivity index (χ4v) is 1.64. The van der Waals surface area contributed by atoms with Gasteiger partial charge in [-0.25, -0.2) is 4.98 Å². The Morgan fingerprint density at radius 2 is 2.05 bits per heavy atom. The largest absolute Gasteiger partial charge is 0.340 e. The first-order chi connectivity index (χ1) is 10.1. The summed E-state index contributed by atoms with van der Waals surface area (Å²) >= 11 is 0. The Bertz CT molecular complexity index is 671. The molecule has 2 aromatic rings. The van der Waals surface area contributed by atoms with E-state index in [0.717, 1.165) is 5.69 Å². The molecule has 2 N–H and O–H groups in total. The first-order valence-corrected chi connectivity index (χ1v) is 6.62. The molecule has 2 rings (SSSR count). The highest BCUT2D eigenvalue weighted by Gasteiger charge is 2.07. The predicted octanol–water partition coefficient (Wildman–Crippen LogP) is 3.29. The van der Waals surface area contributed by atoms with Gasteiger partial charge in [-0.3, -0.25) is 4.79 Å². The summed E-state index contributed by atoms with van der Waals surface area (Å²) in [7, 11) is 0. The fraction of sp³-hybridized carbons (Fsp3) is 0.188. The standard InChI is InChI=1S/C16H16N4O/c1-11(2)16(21)20-14-6-7-15(18-10-14)19-13-5-3-4-12(8-13)9-17/h3-8,10-11H,1-2H3,(H,18,19)(H,20,21). The molecule has 0 aliphatic rings. The number of rotatable bonds is 4. The minimum Gasteiger partial charge on any atom is -0.340 e. The molecule has 0 aliphatic heterocycles. The molecule has 1 aromatic carbocycles. The number of hydrogen-bond acceptors (Lipinski definition) is 4. The minimum atomic E-state index is -0.0727. The molecule has 0 bridgehead atoms. The second-order valence-electron chi connectivity index (χ2n) is 4.89. The lowest BCUT2D eigenvalue weighted by Crippen LogP contribution is -2.17. The van der Waals surface area contributed by atoms with Gasteiger partial charge in [0, 0.05) is 11.6 Å². The fourth-order valence-electron chi connectivity index (χ4n) is 1.64. The van der Waals surface area contributed by atoms with Gasteiger partial charge in [-0.1, -0.05) is 19.9 Å². The van der Waals surface area contributed by atoms with Gasteiger partial charge in [0.15, 0.2) is 0 Å². The van der Waals surface area contributed by atoms with Crippen LogP contribution in [0.25, 0.3) is 0 Å². The van der Waals surface area contributed by atoms with Crippen molar-refractivity contribution in [3.8, 4) is 6.07 Å². The first kappa shape index (κ1) is 14.5. The van der Waals surface area contributed by atoms with Crippen molar-refractivity contribution in [2.24, 2.45) is 5.92 Å². The van der Waals surface area contributed by atoms with Crippen LogP contribution in [0.4, 0.5) is 17.2 Å². The molecule has 5 nitrogen and oxygen atoms in total. The van der Waals surface area contributed by atoms with E-state index in [1.807, 2.05) is 19.9 Å². The number of nitrogens with one attached hydrogen (secondary N) is 2. The van der Waals surface area contributed by atoms with Crippen molar-refractivity contribution < 1.29 is 4.79 Å². The Labute approximate surface area is 123 Å². The van der Waals surface area contributed by atoms with Gasteiger partial charge >= 0.3 is 0 Å². The average molecular weight is 280 g/mol. The maximum atomic E-state index is 11.6. The van der Waals surface area contributed by atoms with E-state index in [-0.39, 0.29) is 11.8 Å². The molecule has 1 heterocycles. The van der Waals surface area contributed by atoms with E-state index < -0.39 is 0 Å². The van der Waals surface area contributed by atoms with Crippen molar-refractivity contribution in [3.05, 3.63) is 48.2 Å². The number of amides is 1. The summed E-state index contributed by atoms with van der Waals surface area (Å²) in [5.41, 5.74) is 2.03. The summed E-state index contributed by atoms with van der Waals surface area (Å²) in [6.07, 6.45) is 1.59. The number of nitrogens with zero attached hydrogens (tertiary/aromatic N) is 2. The highest BCUT2D eigenvalue weighted by molar-refractivity contribution is 5.91. The van der Waals surface area contributed by atoms with Crippen molar-refractivity contribution in [1.29, 1.82) is 5.26 Å². The summed E-state index contributed by atoms with van der Waals surface area (Å²) in [5, 5.41) is 14.7. The number of aromatic nitrogens is 1. The van der Waals surface area contributed by atoms with Crippen LogP contribution in [0.5, 0.6) is 0 Å². The molecular formula is C16H16N4O. The zero-order valence-electron chi connectivity index (χ0n) is 11.9. The van der Waals surface area contributed by atoms with E-state index in [2.05, 4.69) is 21.7 Å². The number of carbonyl (C=O) groups excluding carboxylic acids is 1. The monoisotopic (exact) mass is 280 g/mol. The van der Waals surface area contributed by atoms with Gasteiger partial charge in [0.1, 0.15) is 5.82 Å². The van der Waals surface area contributed by atoms with Crippen LogP contribution >= 0.6 is 0 Å². The highest BCUT2D eigenvalue weighted by atomic mass is 16.1. The van der Waals surface area contributed by atoms with Crippen LogP contribution in [0.3, 0.4) is 0 Å². The maximum absolute atomic E-state index is 11.6. The predicted molar refractivity (Wildman–Crippen MR) is 82.1 cm³/mol. The molecule has 21 heavy (non-hydrogen) atoms. The molecule has 0 spiro atoms. The van der Waals surface area contributed by atoms with Crippen LogP contribution in [0.2, 0.25) is 0 Å². The van der Waals surface area contributed by atoms with E-state index in [0.29, 0.717) is 17.1 Å². The van der Waals surface area contributed by atoms with Gasteiger partial charge in [0.25, 0.3) is 0 Å². The summed E-state index contributed by atoms with van der Waals surface area (Å²) in [5.74, 6) is 0.531. The molecule has 0 aliphatic carbocycles. The van der Waals surface area contributed by atoms with E-state index in [1.165, 1.54) is 0 Å². The Morgan fingerprint density at radius 1 is 1.24 bits per heavy atom. The van der Waals surface area contributed by atoms with Crippen LogP contribution < -0.4 is 10.6 Å². The summed E-state index contributed by atoms with van der Waals surface area (Å²) in [6, 6.07) is 12.8. The van der Waals surface area contributed by atoms with Gasteiger partial charge in [0.05, 0.1) is 23.5 Å². The lowest BCUT2D eigenvalue weighted by atomic mass is 10.2. The second-order valence-corrected chi connectivity index (χ2v) is 4.89. The number of hydrogen-bond donors (Lipinski definition) is 2. The van der Waals surface area contributed by atoms with E-state index >= 15 is 0 Å². The van der Waals surface area contributed by atoms with Crippen LogP contribution in [-0.4, -0.2) is 10.9 Å². The van der Waals surface area contributed by atoms with E-state index in [9.17, 15) is 4.79 Å². The Balaban J connectivity index is 2.05. The van der Waals surface area contributed by atoms with Crippen LogP contribution in [-0.2, 0) is 4.79 Å². The molecule has 0 saturated heterocycles. The van der Waals surface area contributed by atoms with Gasteiger partial charge in [-0.05, 0) is 30.3 Å². The third kappa shape index (κ3) is 4.05. The molecule has 0 unspecified atom stereocenters. The number of anilines is 3. The minimum absolute atomic E-state index is 0.0424. The molecule has 5 heteroatoms. The third-order valence-corrected chi connectivity index (χ3v) is 2.82. The molecule has 0 fully saturated rings. The van der Waals surface area contributed by atoms with Crippen molar-refractivity contribution in [3.63, 3.8) is 0 Å². The Morgan fingerprint density at radius 3 is 2.67 bits per heavy atom. The van der Waals surface area contributed by atoms with Crippen LogP contribution in [0.15, 0.2) is 42.6 Å². The number of nitriles is 1. The average Bonchev–Trinajstić information content (AvgIpc) is 2.49. The zero-order valence-corrected chi connectivity index (χ0v) is 11.9. The topological polar surface area (TPSA) is 77.8 Å². The van der Waals surface area contributed by atoms with E-state index in [1.54, 1.807) is 36.5 Å². The van der Waals surface area contributed by atoms with E-state index in [4.69, 9.17) is 5.26 Å². The van der Waals surface area contributed by atoms with Crippen LogP contribution in [0.1, 0.15) is 19.4 Å². The number of carbonyl (C=O) groups is 1. The maximum Gasteiger partial charge on any atom is 0.226 e. The molecule has 0 atom stereocenters. The van der Waals surface area contributed by atoms with Gasteiger partial charge in [0.2, 0.25) is 5.91 Å².